The molecule has 18 heavy (non-hydrogen) atoms. The topological polar surface area (TPSA) is 59.2 Å². The number of halogens is 2. The van der Waals surface area contributed by atoms with Gasteiger partial charge < -0.3 is 9.63 Å². The molecule has 6 heteroatoms. The van der Waals surface area contributed by atoms with E-state index in [4.69, 9.17) is 9.63 Å². The highest BCUT2D eigenvalue weighted by Crippen LogP contribution is 2.34. The van der Waals surface area contributed by atoms with Gasteiger partial charge >= 0.3 is 0 Å². The quantitative estimate of drug-likeness (QED) is 0.903. The van der Waals surface area contributed by atoms with Crippen molar-refractivity contribution in [1.82, 2.24) is 10.1 Å². The van der Waals surface area contributed by atoms with Crippen LogP contribution >= 0.6 is 0 Å². The number of nitrogens with zero attached hydrogens (tertiary/aromatic N) is 2. The Hall–Kier alpha value is -1.04. The maximum atomic E-state index is 12.2. The number of hydrogen-bond donors (Lipinski definition) is 1. The summed E-state index contributed by atoms with van der Waals surface area (Å²) in [5.41, 5.74) is 0. The van der Waals surface area contributed by atoms with Gasteiger partial charge in [0.05, 0.1) is 6.42 Å². The lowest BCUT2D eigenvalue weighted by molar-refractivity contribution is -0.00754. The number of alkyl halides is 2. The lowest BCUT2D eigenvalue weighted by atomic mass is 9.82. The Bertz CT molecular complexity index is 384. The van der Waals surface area contributed by atoms with Gasteiger partial charge in [-0.1, -0.05) is 24.9 Å². The fraction of sp³-hybridized carbons (Fsp3) is 0.833. The molecule has 1 heterocycles. The zero-order valence-electron chi connectivity index (χ0n) is 10.4. The number of aromatic nitrogens is 2. The molecule has 2 rings (SSSR count). The number of hydrogen-bond acceptors (Lipinski definition) is 4. The van der Waals surface area contributed by atoms with Crippen molar-refractivity contribution in [2.24, 2.45) is 5.92 Å². The molecule has 1 fully saturated rings. The predicted octanol–water partition coefficient (Wildman–Crippen LogP) is 2.53. The van der Waals surface area contributed by atoms with Gasteiger partial charge in [0.25, 0.3) is 6.43 Å². The molecule has 3 atom stereocenters. The molecule has 0 amide bonds. The maximum Gasteiger partial charge on any atom is 0.264 e. The summed E-state index contributed by atoms with van der Waals surface area (Å²) in [7, 11) is 0. The van der Waals surface area contributed by atoms with Crippen LogP contribution in [0.2, 0.25) is 0 Å². The summed E-state index contributed by atoms with van der Waals surface area (Å²) in [5, 5.41) is 12.9. The van der Waals surface area contributed by atoms with E-state index >= 15 is 0 Å². The summed E-state index contributed by atoms with van der Waals surface area (Å²) in [6, 6.07) is 0. The highest BCUT2D eigenvalue weighted by molar-refractivity contribution is 4.98. The molecule has 1 saturated carbocycles. The van der Waals surface area contributed by atoms with Crippen LogP contribution in [0, 0.1) is 5.92 Å². The van der Waals surface area contributed by atoms with E-state index in [-0.39, 0.29) is 18.2 Å². The molecule has 4 nitrogen and oxygen atoms in total. The minimum Gasteiger partial charge on any atom is -0.387 e. The number of aliphatic hydroxyl groups is 1. The van der Waals surface area contributed by atoms with E-state index in [0.717, 1.165) is 19.3 Å². The van der Waals surface area contributed by atoms with E-state index in [9.17, 15) is 8.78 Å². The minimum absolute atomic E-state index is 0.0935. The summed E-state index contributed by atoms with van der Waals surface area (Å²) in [4.78, 5) is 4.12. The van der Waals surface area contributed by atoms with Gasteiger partial charge in [0, 0.05) is 5.92 Å². The first-order valence-electron chi connectivity index (χ1n) is 6.35. The zero-order valence-corrected chi connectivity index (χ0v) is 10.4. The van der Waals surface area contributed by atoms with E-state index in [1.807, 2.05) is 0 Å². The summed E-state index contributed by atoms with van der Waals surface area (Å²) >= 11 is 0. The third-order valence-corrected chi connectivity index (χ3v) is 3.46. The first-order valence-corrected chi connectivity index (χ1v) is 6.35. The minimum atomic E-state index is -2.78. The maximum absolute atomic E-state index is 12.2. The summed E-state index contributed by atoms with van der Waals surface area (Å²) in [6.45, 7) is 2.19. The van der Waals surface area contributed by atoms with E-state index in [1.54, 1.807) is 0 Å². The van der Waals surface area contributed by atoms with Gasteiger partial charge in [-0.05, 0) is 18.8 Å². The highest BCUT2D eigenvalue weighted by Gasteiger charge is 2.26. The molecular formula is C12H18F2N2O2. The van der Waals surface area contributed by atoms with Crippen LogP contribution in [0.25, 0.3) is 0 Å². The first-order chi connectivity index (χ1) is 8.56. The Morgan fingerprint density at radius 2 is 2.22 bits per heavy atom. The molecule has 0 saturated heterocycles. The van der Waals surface area contributed by atoms with Crippen molar-refractivity contribution >= 4 is 0 Å². The molecule has 1 N–H and O–H groups in total. The van der Waals surface area contributed by atoms with Gasteiger partial charge in [-0.2, -0.15) is 4.98 Å². The third-order valence-electron chi connectivity index (χ3n) is 3.46. The average molecular weight is 260 g/mol. The van der Waals surface area contributed by atoms with E-state index in [1.165, 1.54) is 6.42 Å². The molecular weight excluding hydrogens is 242 g/mol. The molecule has 0 radical (unpaired) electrons. The van der Waals surface area contributed by atoms with Crippen LogP contribution in [-0.2, 0) is 6.42 Å². The fourth-order valence-corrected chi connectivity index (χ4v) is 2.45. The van der Waals surface area contributed by atoms with Crippen molar-refractivity contribution in [3.63, 3.8) is 0 Å². The summed E-state index contributed by atoms with van der Waals surface area (Å²) in [5.74, 6) is 1.58. The Kier molecular flexibility index (Phi) is 4.27. The van der Waals surface area contributed by atoms with Gasteiger partial charge in [0.1, 0.15) is 6.10 Å². The molecule has 0 aliphatic heterocycles. The predicted molar refractivity (Wildman–Crippen MR) is 60.4 cm³/mol. The molecule has 1 aliphatic carbocycles. The largest absolute Gasteiger partial charge is 0.387 e. The van der Waals surface area contributed by atoms with Crippen LogP contribution in [0.4, 0.5) is 8.78 Å². The van der Waals surface area contributed by atoms with Crippen molar-refractivity contribution in [1.29, 1.82) is 0 Å². The second-order valence-corrected chi connectivity index (χ2v) is 5.12. The molecule has 0 aromatic carbocycles. The zero-order chi connectivity index (χ0) is 13.1. The van der Waals surface area contributed by atoms with Crippen molar-refractivity contribution in [2.75, 3.05) is 0 Å². The molecule has 1 aliphatic rings. The highest BCUT2D eigenvalue weighted by atomic mass is 19.3. The number of rotatable bonds is 4. The van der Waals surface area contributed by atoms with Crippen LogP contribution in [0.15, 0.2) is 4.52 Å². The molecule has 3 unspecified atom stereocenters. The molecule has 102 valence electrons. The smallest absolute Gasteiger partial charge is 0.264 e. The van der Waals surface area contributed by atoms with Crippen LogP contribution < -0.4 is 0 Å². The van der Waals surface area contributed by atoms with Gasteiger partial charge in [-0.25, -0.2) is 8.78 Å². The molecule has 0 bridgehead atoms. The van der Waals surface area contributed by atoms with Gasteiger partial charge in [0.15, 0.2) is 5.82 Å². The second kappa shape index (κ2) is 5.73. The van der Waals surface area contributed by atoms with Crippen molar-refractivity contribution in [2.45, 2.75) is 57.5 Å². The monoisotopic (exact) mass is 260 g/mol. The Morgan fingerprint density at radius 1 is 1.44 bits per heavy atom. The Labute approximate surface area is 104 Å². The van der Waals surface area contributed by atoms with Gasteiger partial charge in [-0.15, -0.1) is 0 Å². The summed E-state index contributed by atoms with van der Waals surface area (Å²) in [6.07, 6.45) is -0.427. The first kappa shape index (κ1) is 13.4. The van der Waals surface area contributed by atoms with Crippen LogP contribution in [0.1, 0.15) is 50.2 Å². The summed E-state index contributed by atoms with van der Waals surface area (Å²) < 4.78 is 29.3. The van der Waals surface area contributed by atoms with E-state index in [2.05, 4.69) is 17.1 Å². The normalized spacial score (nSPS) is 26.5. The van der Waals surface area contributed by atoms with E-state index in [0.29, 0.717) is 11.7 Å². The van der Waals surface area contributed by atoms with Crippen LogP contribution in [-0.4, -0.2) is 27.8 Å². The van der Waals surface area contributed by atoms with Crippen molar-refractivity contribution in [3.05, 3.63) is 11.7 Å². The van der Waals surface area contributed by atoms with Gasteiger partial charge in [-0.3, -0.25) is 0 Å². The number of aliphatic hydroxyl groups excluding tert-OH is 1. The third kappa shape index (κ3) is 3.25. The lowest BCUT2D eigenvalue weighted by Gasteiger charge is -2.23. The molecule has 0 spiro atoms. The Morgan fingerprint density at radius 3 is 2.89 bits per heavy atom. The molecule has 1 aromatic rings. The van der Waals surface area contributed by atoms with Crippen LogP contribution in [0.5, 0.6) is 0 Å². The SMILES string of the molecule is CC1CCCC(c2noc(CC(O)C(F)F)n2)C1. The Balaban J connectivity index is 1.97. The van der Waals surface area contributed by atoms with Gasteiger partial charge in [0.2, 0.25) is 5.89 Å². The van der Waals surface area contributed by atoms with Crippen molar-refractivity contribution in [3.8, 4) is 0 Å². The van der Waals surface area contributed by atoms with Crippen molar-refractivity contribution < 1.29 is 18.4 Å². The average Bonchev–Trinajstić information content (AvgIpc) is 2.77. The lowest BCUT2D eigenvalue weighted by Crippen LogP contribution is -2.20. The second-order valence-electron chi connectivity index (χ2n) is 5.12. The fourth-order valence-electron chi connectivity index (χ4n) is 2.45. The standard InChI is InChI=1S/C12H18F2N2O2/c1-7-3-2-4-8(5-7)12-15-10(18-16-12)6-9(17)11(13)14/h7-9,11,17H,2-6H2,1H3. The van der Waals surface area contributed by atoms with E-state index < -0.39 is 12.5 Å². The molecule has 1 aromatic heterocycles. The van der Waals surface area contributed by atoms with Crippen LogP contribution in [0.3, 0.4) is 0 Å².